The summed E-state index contributed by atoms with van der Waals surface area (Å²) in [6, 6.07) is 0. The number of allylic oxidation sites excluding steroid dienone is 1. The Kier molecular flexibility index (Phi) is 6.25. The van der Waals surface area contributed by atoms with Crippen LogP contribution in [0.4, 0.5) is 52.7 Å². The van der Waals surface area contributed by atoms with Gasteiger partial charge in [0.2, 0.25) is 0 Å². The number of hydrogen-bond donors (Lipinski definition) is 0. The first-order valence-corrected chi connectivity index (χ1v) is 6.95. The molecule has 0 heterocycles. The van der Waals surface area contributed by atoms with Gasteiger partial charge in [-0.3, -0.25) is 0 Å². The molecule has 0 unspecified atom stereocenters. The highest BCUT2D eigenvalue weighted by atomic mass is 19.4. The van der Waals surface area contributed by atoms with Crippen LogP contribution in [0.15, 0.2) is 23.3 Å². The molecule has 1 radical (unpaired) electrons. The third kappa shape index (κ3) is 3.48. The molecule has 0 amide bonds. The molecule has 0 saturated heterocycles. The van der Waals surface area contributed by atoms with E-state index in [-0.39, 0.29) is 20.3 Å². The van der Waals surface area contributed by atoms with Crippen molar-refractivity contribution in [1.82, 2.24) is 0 Å². The molecule has 0 aromatic rings. The summed E-state index contributed by atoms with van der Waals surface area (Å²) in [5, 5.41) is 0. The van der Waals surface area contributed by atoms with Crippen LogP contribution in [0.2, 0.25) is 0 Å². The Balaban J connectivity index is 3.83. The maximum Gasteiger partial charge on any atom is 0.430 e. The van der Waals surface area contributed by atoms with E-state index in [9.17, 15) is 52.7 Å². The maximum absolute atomic E-state index is 13.2. The molecule has 28 heavy (non-hydrogen) atoms. The fourth-order valence-electron chi connectivity index (χ4n) is 2.80. The fraction of sp³-hybridized carbons (Fsp3) is 0.643. The molecule has 0 N–H and O–H groups in total. The summed E-state index contributed by atoms with van der Waals surface area (Å²) in [6.07, 6.45) is -26.4. The van der Waals surface area contributed by atoms with Crippen LogP contribution in [0, 0.1) is 6.42 Å². The molecule has 0 aromatic carbocycles. The second-order valence-electron chi connectivity index (χ2n) is 5.49. The number of halogens is 12. The van der Waals surface area contributed by atoms with Crippen molar-refractivity contribution in [3.8, 4) is 0 Å². The van der Waals surface area contributed by atoms with Crippen LogP contribution in [0.25, 0.3) is 0 Å². The van der Waals surface area contributed by atoms with Crippen molar-refractivity contribution < 1.29 is 62.2 Å². The summed E-state index contributed by atoms with van der Waals surface area (Å²) in [7, 11) is -0.0437. The highest BCUT2D eigenvalue weighted by molar-refractivity contribution is 5.45. The van der Waals surface area contributed by atoms with Gasteiger partial charge in [0.1, 0.15) is 0 Å². The SMILES string of the molecule is COC(C1=C[CH]CC(C(OC)(C(F)(F)F)C(F)(F)F)=C1)(C(F)(F)F)C(F)(F)F. The number of methoxy groups -OCH3 is 2. The summed E-state index contributed by atoms with van der Waals surface area (Å²) in [5.41, 5.74) is -14.2. The third-order valence-corrected chi connectivity index (χ3v) is 4.03. The van der Waals surface area contributed by atoms with Crippen LogP contribution in [0.1, 0.15) is 6.42 Å². The van der Waals surface area contributed by atoms with E-state index in [0.717, 1.165) is 0 Å². The van der Waals surface area contributed by atoms with E-state index in [4.69, 9.17) is 0 Å². The molecule has 0 atom stereocenters. The molecule has 2 nitrogen and oxygen atoms in total. The molecule has 0 aliphatic heterocycles. The summed E-state index contributed by atoms with van der Waals surface area (Å²) < 4.78 is 166. The van der Waals surface area contributed by atoms with Crippen molar-refractivity contribution in [1.29, 1.82) is 0 Å². The van der Waals surface area contributed by atoms with E-state index in [1.165, 1.54) is 0 Å². The van der Waals surface area contributed by atoms with Crippen molar-refractivity contribution >= 4 is 0 Å². The molecule has 163 valence electrons. The van der Waals surface area contributed by atoms with Gasteiger partial charge >= 0.3 is 24.7 Å². The summed E-state index contributed by atoms with van der Waals surface area (Å²) in [6.45, 7) is 0. The molecular formula is C14H11F12O2. The molecule has 1 aliphatic carbocycles. The highest BCUT2D eigenvalue weighted by Crippen LogP contribution is 2.55. The van der Waals surface area contributed by atoms with E-state index in [2.05, 4.69) is 9.47 Å². The monoisotopic (exact) mass is 439 g/mol. The first-order valence-electron chi connectivity index (χ1n) is 6.95. The van der Waals surface area contributed by atoms with Crippen LogP contribution in [-0.4, -0.2) is 50.1 Å². The van der Waals surface area contributed by atoms with E-state index in [0.29, 0.717) is 6.42 Å². The second kappa shape index (κ2) is 7.11. The van der Waals surface area contributed by atoms with Gasteiger partial charge in [0.15, 0.2) is 0 Å². The number of hydrogen-bond acceptors (Lipinski definition) is 2. The minimum Gasteiger partial charge on any atom is -0.358 e. The zero-order valence-electron chi connectivity index (χ0n) is 13.8. The third-order valence-electron chi connectivity index (χ3n) is 4.03. The molecule has 0 bridgehead atoms. The lowest BCUT2D eigenvalue weighted by molar-refractivity contribution is -0.361. The van der Waals surface area contributed by atoms with Crippen LogP contribution in [0.5, 0.6) is 0 Å². The molecule has 14 heteroatoms. The Morgan fingerprint density at radius 1 is 0.643 bits per heavy atom. The normalized spacial score (nSPS) is 18.1. The Morgan fingerprint density at radius 2 is 1.00 bits per heavy atom. The minimum atomic E-state index is -6.26. The quantitative estimate of drug-likeness (QED) is 0.542. The van der Waals surface area contributed by atoms with Gasteiger partial charge in [0.25, 0.3) is 11.2 Å². The number of alkyl halides is 12. The smallest absolute Gasteiger partial charge is 0.358 e. The average Bonchev–Trinajstić information content (AvgIpc) is 2.44. The van der Waals surface area contributed by atoms with Crippen LogP contribution in [-0.2, 0) is 9.47 Å². The van der Waals surface area contributed by atoms with Crippen LogP contribution in [0.3, 0.4) is 0 Å². The lowest BCUT2D eigenvalue weighted by Crippen LogP contribution is -2.61. The molecule has 0 saturated carbocycles. The molecule has 0 fully saturated rings. The van der Waals surface area contributed by atoms with Crippen LogP contribution < -0.4 is 0 Å². The lowest BCUT2D eigenvalue weighted by Gasteiger charge is -2.41. The van der Waals surface area contributed by atoms with Gasteiger partial charge in [-0.15, -0.1) is 0 Å². The molecule has 0 aromatic heterocycles. The number of ether oxygens (including phenoxy) is 2. The van der Waals surface area contributed by atoms with Crippen molar-refractivity contribution in [2.45, 2.75) is 42.3 Å². The maximum atomic E-state index is 13.2. The van der Waals surface area contributed by atoms with Gasteiger partial charge in [-0.05, 0) is 24.0 Å². The first-order chi connectivity index (χ1) is 12.3. The summed E-state index contributed by atoms with van der Waals surface area (Å²) >= 11 is 0. The Labute approximate surface area is 149 Å². The van der Waals surface area contributed by atoms with E-state index in [1.807, 2.05) is 0 Å². The standard InChI is InChI=1S/C14H11F12O2/c1-27-9(11(15,16)17,12(18,19)20)7-4-3-5-8(6-7)10(28-2,13(21,22)23)14(24,25)26/h3-4,6H,5H2,1-2H3. The zero-order valence-corrected chi connectivity index (χ0v) is 13.8. The largest absolute Gasteiger partial charge is 0.430 e. The Morgan fingerprint density at radius 3 is 1.29 bits per heavy atom. The second-order valence-corrected chi connectivity index (χ2v) is 5.49. The zero-order chi connectivity index (χ0) is 22.4. The van der Waals surface area contributed by atoms with Crippen molar-refractivity contribution in [3.63, 3.8) is 0 Å². The Bertz CT molecular complexity index is 605. The van der Waals surface area contributed by atoms with Crippen molar-refractivity contribution in [2.24, 2.45) is 0 Å². The van der Waals surface area contributed by atoms with Gasteiger partial charge in [0, 0.05) is 14.2 Å². The molecule has 0 spiro atoms. The van der Waals surface area contributed by atoms with E-state index >= 15 is 0 Å². The van der Waals surface area contributed by atoms with Crippen LogP contribution >= 0.6 is 0 Å². The average molecular weight is 439 g/mol. The highest BCUT2D eigenvalue weighted by Gasteiger charge is 2.76. The van der Waals surface area contributed by atoms with Gasteiger partial charge in [0.05, 0.1) is 0 Å². The minimum absolute atomic E-state index is 0.0170. The fourth-order valence-corrected chi connectivity index (χ4v) is 2.80. The predicted octanol–water partition coefficient (Wildman–Crippen LogP) is 5.47. The van der Waals surface area contributed by atoms with Crippen molar-refractivity contribution in [3.05, 3.63) is 29.7 Å². The summed E-state index contributed by atoms with van der Waals surface area (Å²) in [5.74, 6) is 0. The lowest BCUT2D eigenvalue weighted by atomic mass is 9.79. The van der Waals surface area contributed by atoms with E-state index < -0.39 is 59.6 Å². The van der Waals surface area contributed by atoms with Gasteiger partial charge in [-0.2, -0.15) is 52.7 Å². The Hall–Kier alpha value is -1.44. The topological polar surface area (TPSA) is 18.5 Å². The molecule has 1 aliphatic rings. The summed E-state index contributed by atoms with van der Waals surface area (Å²) in [4.78, 5) is 0. The predicted molar refractivity (Wildman–Crippen MR) is 68.8 cm³/mol. The van der Waals surface area contributed by atoms with Gasteiger partial charge < -0.3 is 9.47 Å². The van der Waals surface area contributed by atoms with E-state index in [1.54, 1.807) is 0 Å². The van der Waals surface area contributed by atoms with Gasteiger partial charge in [-0.25, -0.2) is 0 Å². The first kappa shape index (κ1) is 24.6. The molecule has 1 rings (SSSR count). The number of rotatable bonds is 4. The van der Waals surface area contributed by atoms with Crippen molar-refractivity contribution in [2.75, 3.05) is 14.2 Å². The van der Waals surface area contributed by atoms with Gasteiger partial charge in [-0.1, -0.05) is 12.2 Å². The molecular weight excluding hydrogens is 428 g/mol.